The Morgan fingerprint density at radius 1 is 1.07 bits per heavy atom. The van der Waals surface area contributed by atoms with Crippen LogP contribution in [0, 0.1) is 0 Å². The van der Waals surface area contributed by atoms with Crippen molar-refractivity contribution in [3.05, 3.63) is 54.1 Å². The highest BCUT2D eigenvalue weighted by molar-refractivity contribution is 8.01. The van der Waals surface area contributed by atoms with Crippen LogP contribution in [-0.2, 0) is 14.3 Å². The Kier molecular flexibility index (Phi) is 4.95. The number of para-hydroxylation sites is 1. The number of methoxy groups -OCH3 is 1. The van der Waals surface area contributed by atoms with E-state index < -0.39 is 16.4 Å². The number of hydrogen-bond donors (Lipinski definition) is 0. The summed E-state index contributed by atoms with van der Waals surface area (Å²) in [5, 5.41) is 0. The van der Waals surface area contributed by atoms with Crippen molar-refractivity contribution in [3.8, 4) is 5.75 Å². The normalized spacial score (nSPS) is 19.0. The van der Waals surface area contributed by atoms with Gasteiger partial charge in [0.15, 0.2) is 0 Å². The van der Waals surface area contributed by atoms with Gasteiger partial charge in [-0.15, -0.1) is 11.8 Å². The minimum atomic E-state index is -0.928. The number of nitrogens with zero attached hydrogens (tertiary/aromatic N) is 1. The smallest absolute Gasteiger partial charge is 0.421 e. The molecular weight excluding hydrogens is 362 g/mol. The summed E-state index contributed by atoms with van der Waals surface area (Å²) in [6, 6.07) is 14.8. The van der Waals surface area contributed by atoms with Gasteiger partial charge in [-0.2, -0.15) is 0 Å². The van der Waals surface area contributed by atoms with E-state index in [1.807, 2.05) is 49.4 Å². The second kappa shape index (κ2) is 6.93. The summed E-state index contributed by atoms with van der Waals surface area (Å²) in [6.07, 6.45) is -0.654. The van der Waals surface area contributed by atoms with Gasteiger partial charge in [-0.25, -0.2) is 9.69 Å². The lowest BCUT2D eigenvalue weighted by Crippen LogP contribution is -2.43. The predicted molar refractivity (Wildman–Crippen MR) is 106 cm³/mol. The lowest BCUT2D eigenvalue weighted by Gasteiger charge is -2.26. The molecule has 2 aromatic rings. The molecule has 0 saturated carbocycles. The van der Waals surface area contributed by atoms with E-state index in [0.29, 0.717) is 5.69 Å². The summed E-state index contributed by atoms with van der Waals surface area (Å²) < 4.78 is 9.73. The third-order valence-electron chi connectivity index (χ3n) is 4.23. The number of fused-ring (bicyclic) bond motifs is 1. The Morgan fingerprint density at radius 3 is 2.30 bits per heavy atom. The summed E-state index contributed by atoms with van der Waals surface area (Å²) in [5.41, 5.74) is 0.677. The van der Waals surface area contributed by atoms with Crippen LogP contribution in [0.3, 0.4) is 0 Å². The number of carbonyl (C=O) groups excluding carboxylic acids is 2. The lowest BCUT2D eigenvalue weighted by molar-refractivity contribution is -0.119. The first-order valence-corrected chi connectivity index (χ1v) is 9.47. The molecule has 0 aromatic heterocycles. The highest BCUT2D eigenvalue weighted by atomic mass is 32.2. The fourth-order valence-corrected chi connectivity index (χ4v) is 4.18. The van der Waals surface area contributed by atoms with Gasteiger partial charge in [-0.1, -0.05) is 18.2 Å². The zero-order chi connectivity index (χ0) is 19.8. The van der Waals surface area contributed by atoms with Gasteiger partial charge in [0.25, 0.3) is 5.91 Å². The van der Waals surface area contributed by atoms with Crippen molar-refractivity contribution in [2.45, 2.75) is 42.9 Å². The molecule has 3 rings (SSSR count). The molecular formula is C21H23NO4S. The Balaban J connectivity index is 1.98. The molecule has 142 valence electrons. The van der Waals surface area contributed by atoms with Crippen LogP contribution in [-0.4, -0.2) is 24.7 Å². The van der Waals surface area contributed by atoms with Crippen molar-refractivity contribution in [1.82, 2.24) is 0 Å². The number of ether oxygens (including phenoxy) is 2. The Bertz CT molecular complexity index is 872. The molecule has 6 heteroatoms. The third-order valence-corrected chi connectivity index (χ3v) is 5.54. The number of amides is 2. The molecule has 5 nitrogen and oxygen atoms in total. The molecule has 1 aliphatic heterocycles. The minimum absolute atomic E-state index is 0.307. The summed E-state index contributed by atoms with van der Waals surface area (Å²) >= 11 is 1.41. The first kappa shape index (κ1) is 19.3. The Morgan fingerprint density at radius 2 is 1.70 bits per heavy atom. The largest absolute Gasteiger partial charge is 0.497 e. The molecule has 0 saturated heterocycles. The quantitative estimate of drug-likeness (QED) is 0.745. The predicted octanol–water partition coefficient (Wildman–Crippen LogP) is 4.98. The van der Waals surface area contributed by atoms with Crippen LogP contribution in [0.5, 0.6) is 5.75 Å². The first-order valence-electron chi connectivity index (χ1n) is 8.66. The van der Waals surface area contributed by atoms with Crippen molar-refractivity contribution in [3.63, 3.8) is 0 Å². The maximum absolute atomic E-state index is 13.3. The average molecular weight is 385 g/mol. The zero-order valence-electron chi connectivity index (χ0n) is 16.1. The van der Waals surface area contributed by atoms with Crippen LogP contribution in [0.15, 0.2) is 53.4 Å². The van der Waals surface area contributed by atoms with Gasteiger partial charge in [0.2, 0.25) is 0 Å². The summed E-state index contributed by atoms with van der Waals surface area (Å²) in [5.74, 6) is 0.441. The number of anilines is 1. The number of imide groups is 1. The van der Waals surface area contributed by atoms with E-state index in [4.69, 9.17) is 9.47 Å². The van der Waals surface area contributed by atoms with Gasteiger partial charge >= 0.3 is 6.09 Å². The fraction of sp³-hybridized carbons (Fsp3) is 0.333. The SMILES string of the molecule is COc1ccc(S[C@]2(C)C(=O)N(C(=O)OC(C)(C)C)c3ccccc32)cc1. The molecule has 1 atom stereocenters. The van der Waals surface area contributed by atoms with Gasteiger partial charge in [0, 0.05) is 10.5 Å². The molecule has 1 aliphatic rings. The number of hydrogen-bond acceptors (Lipinski definition) is 5. The third kappa shape index (κ3) is 3.67. The van der Waals surface area contributed by atoms with E-state index in [1.165, 1.54) is 11.8 Å². The van der Waals surface area contributed by atoms with E-state index in [-0.39, 0.29) is 5.91 Å². The highest BCUT2D eigenvalue weighted by Gasteiger charge is 2.51. The number of thioether (sulfide) groups is 1. The maximum atomic E-state index is 13.3. The Labute approximate surface area is 163 Å². The molecule has 0 spiro atoms. The van der Waals surface area contributed by atoms with E-state index >= 15 is 0 Å². The van der Waals surface area contributed by atoms with E-state index in [0.717, 1.165) is 21.1 Å². The van der Waals surface area contributed by atoms with E-state index in [1.54, 1.807) is 33.9 Å². The molecule has 0 bridgehead atoms. The number of benzene rings is 2. The van der Waals surface area contributed by atoms with Crippen molar-refractivity contribution < 1.29 is 19.1 Å². The van der Waals surface area contributed by atoms with Crippen LogP contribution < -0.4 is 9.64 Å². The minimum Gasteiger partial charge on any atom is -0.497 e. The maximum Gasteiger partial charge on any atom is 0.421 e. The average Bonchev–Trinajstić information content (AvgIpc) is 2.82. The molecule has 0 N–H and O–H groups in total. The first-order chi connectivity index (χ1) is 12.7. The molecule has 2 aromatic carbocycles. The summed E-state index contributed by atoms with van der Waals surface area (Å²) in [7, 11) is 1.61. The van der Waals surface area contributed by atoms with Crippen molar-refractivity contribution in [2.24, 2.45) is 0 Å². The summed E-state index contributed by atoms with van der Waals surface area (Å²) in [4.78, 5) is 28.1. The molecule has 0 radical (unpaired) electrons. The molecule has 0 unspecified atom stereocenters. The lowest BCUT2D eigenvalue weighted by atomic mass is 10.0. The van der Waals surface area contributed by atoms with Crippen molar-refractivity contribution in [1.29, 1.82) is 0 Å². The van der Waals surface area contributed by atoms with Crippen LogP contribution in [0.2, 0.25) is 0 Å². The van der Waals surface area contributed by atoms with Crippen LogP contribution in [0.4, 0.5) is 10.5 Å². The van der Waals surface area contributed by atoms with Gasteiger partial charge in [-0.05, 0) is 58.0 Å². The second-order valence-corrected chi connectivity index (χ2v) is 8.94. The Hall–Kier alpha value is -2.47. The zero-order valence-corrected chi connectivity index (χ0v) is 16.9. The number of carbonyl (C=O) groups is 2. The van der Waals surface area contributed by atoms with Crippen LogP contribution in [0.25, 0.3) is 0 Å². The molecule has 0 fully saturated rings. The van der Waals surface area contributed by atoms with Crippen LogP contribution >= 0.6 is 11.8 Å². The molecule has 0 aliphatic carbocycles. The molecule has 2 amide bonds. The highest BCUT2D eigenvalue weighted by Crippen LogP contribution is 2.51. The van der Waals surface area contributed by atoms with Gasteiger partial charge in [-0.3, -0.25) is 4.79 Å². The fourth-order valence-electron chi connectivity index (χ4n) is 2.98. The molecule has 27 heavy (non-hydrogen) atoms. The van der Waals surface area contributed by atoms with Crippen molar-refractivity contribution in [2.75, 3.05) is 12.0 Å². The van der Waals surface area contributed by atoms with E-state index in [2.05, 4.69) is 0 Å². The second-order valence-electron chi connectivity index (χ2n) is 7.45. The monoisotopic (exact) mass is 385 g/mol. The molecule has 1 heterocycles. The van der Waals surface area contributed by atoms with Crippen molar-refractivity contribution >= 4 is 29.4 Å². The standard InChI is InChI=1S/C21H23NO4S/c1-20(2,3)26-19(24)22-17-9-7-6-8-16(17)21(4,18(22)23)27-15-12-10-14(25-5)11-13-15/h6-13H,1-5H3/t21-/m0/s1. The van der Waals surface area contributed by atoms with Gasteiger partial charge in [0.1, 0.15) is 16.1 Å². The summed E-state index contributed by atoms with van der Waals surface area (Å²) in [6.45, 7) is 7.18. The van der Waals surface area contributed by atoms with Crippen LogP contribution in [0.1, 0.15) is 33.3 Å². The number of rotatable bonds is 3. The topological polar surface area (TPSA) is 55.8 Å². The van der Waals surface area contributed by atoms with Gasteiger partial charge in [0.05, 0.1) is 12.8 Å². The van der Waals surface area contributed by atoms with Gasteiger partial charge < -0.3 is 9.47 Å². The van der Waals surface area contributed by atoms with E-state index in [9.17, 15) is 9.59 Å².